The fourth-order valence-corrected chi connectivity index (χ4v) is 5.58. The number of ether oxygens (including phenoxy) is 1. The minimum Gasteiger partial charge on any atom is -0.380 e. The lowest BCUT2D eigenvalue weighted by atomic mass is 9.89. The lowest BCUT2D eigenvalue weighted by molar-refractivity contribution is -0.121. The van der Waals surface area contributed by atoms with Crippen molar-refractivity contribution < 1.29 is 17.9 Å². The van der Waals surface area contributed by atoms with Gasteiger partial charge in [0.1, 0.15) is 5.78 Å². The summed E-state index contributed by atoms with van der Waals surface area (Å²) in [6.07, 6.45) is -0.289. The third-order valence-electron chi connectivity index (χ3n) is 3.12. The molecule has 3 atom stereocenters. The van der Waals surface area contributed by atoms with Crippen molar-refractivity contribution in [2.24, 2.45) is 11.8 Å². The van der Waals surface area contributed by atoms with Gasteiger partial charge in [0.2, 0.25) is 0 Å². The van der Waals surface area contributed by atoms with Crippen molar-refractivity contribution >= 4 is 27.4 Å². The van der Waals surface area contributed by atoms with E-state index in [2.05, 4.69) is 0 Å². The molecule has 2 heterocycles. The van der Waals surface area contributed by atoms with Crippen LogP contribution in [0.1, 0.15) is 0 Å². The first-order chi connectivity index (χ1) is 7.03. The molecule has 0 radical (unpaired) electrons. The Kier molecular flexibility index (Phi) is 3.10. The predicted molar refractivity (Wildman–Crippen MR) is 58.8 cm³/mol. The van der Waals surface area contributed by atoms with E-state index in [-0.39, 0.29) is 35.2 Å². The minimum atomic E-state index is -3.00. The smallest absolute Gasteiger partial charge is 0.153 e. The van der Waals surface area contributed by atoms with Crippen molar-refractivity contribution in [2.75, 3.05) is 30.1 Å². The maximum absolute atomic E-state index is 11.6. The Morgan fingerprint density at radius 3 is 2.67 bits per heavy atom. The number of sulfone groups is 1. The summed E-state index contributed by atoms with van der Waals surface area (Å²) < 4.78 is 28.1. The van der Waals surface area contributed by atoms with E-state index in [4.69, 9.17) is 4.74 Å². The highest BCUT2D eigenvalue weighted by Crippen LogP contribution is 2.35. The van der Waals surface area contributed by atoms with E-state index in [9.17, 15) is 13.2 Å². The summed E-state index contributed by atoms with van der Waals surface area (Å²) in [5.74, 6) is 1.41. The Morgan fingerprint density at radius 1 is 1.40 bits per heavy atom. The molecule has 0 saturated carbocycles. The van der Waals surface area contributed by atoms with Crippen LogP contribution in [0.3, 0.4) is 0 Å². The molecule has 0 aromatic carbocycles. The maximum atomic E-state index is 11.6. The summed E-state index contributed by atoms with van der Waals surface area (Å²) in [6, 6.07) is 0. The molecular formula is C9H14O4S2. The van der Waals surface area contributed by atoms with Gasteiger partial charge in [-0.25, -0.2) is 8.42 Å². The molecular weight excluding hydrogens is 236 g/mol. The Morgan fingerprint density at radius 2 is 2.13 bits per heavy atom. The molecule has 4 nitrogen and oxygen atoms in total. The summed E-state index contributed by atoms with van der Waals surface area (Å²) in [6.45, 7) is 0. The molecule has 86 valence electrons. The van der Waals surface area contributed by atoms with Crippen LogP contribution in [0.15, 0.2) is 0 Å². The Balaban J connectivity index is 2.17. The third kappa shape index (κ3) is 2.21. The molecule has 15 heavy (non-hydrogen) atoms. The molecule has 2 aliphatic rings. The number of carbonyl (C=O) groups is 1. The van der Waals surface area contributed by atoms with Crippen molar-refractivity contribution in [3.05, 3.63) is 0 Å². The molecule has 0 aromatic heterocycles. The lowest BCUT2D eigenvalue weighted by Crippen LogP contribution is -2.32. The van der Waals surface area contributed by atoms with Gasteiger partial charge in [0, 0.05) is 24.7 Å². The summed E-state index contributed by atoms with van der Waals surface area (Å²) in [5, 5.41) is 0. The van der Waals surface area contributed by atoms with Gasteiger partial charge in [0.25, 0.3) is 0 Å². The number of methoxy groups -OCH3 is 1. The molecule has 6 heteroatoms. The highest BCUT2D eigenvalue weighted by atomic mass is 32.2. The first kappa shape index (κ1) is 11.4. The van der Waals surface area contributed by atoms with Crippen LogP contribution in [0, 0.1) is 11.8 Å². The van der Waals surface area contributed by atoms with E-state index in [1.165, 1.54) is 7.11 Å². The number of Topliss-reactive ketones (excluding diaryl/α,β-unsaturated/α-hetero) is 1. The summed E-state index contributed by atoms with van der Waals surface area (Å²) in [4.78, 5) is 11.6. The van der Waals surface area contributed by atoms with Crippen molar-refractivity contribution in [3.8, 4) is 0 Å². The Hall–Kier alpha value is -0.0700. The largest absolute Gasteiger partial charge is 0.380 e. The van der Waals surface area contributed by atoms with Gasteiger partial charge in [0.05, 0.1) is 23.4 Å². The van der Waals surface area contributed by atoms with Crippen molar-refractivity contribution in [3.63, 3.8) is 0 Å². The van der Waals surface area contributed by atoms with Crippen LogP contribution in [-0.2, 0) is 19.4 Å². The second kappa shape index (κ2) is 4.07. The van der Waals surface area contributed by atoms with E-state index in [0.29, 0.717) is 5.75 Å². The number of carbonyl (C=O) groups excluding carboxylic acids is 1. The molecule has 2 fully saturated rings. The zero-order valence-corrected chi connectivity index (χ0v) is 10.1. The van der Waals surface area contributed by atoms with Gasteiger partial charge in [-0.15, -0.1) is 0 Å². The number of thioether (sulfide) groups is 1. The average molecular weight is 250 g/mol. The van der Waals surface area contributed by atoms with E-state index in [1.54, 1.807) is 11.8 Å². The quantitative estimate of drug-likeness (QED) is 0.689. The van der Waals surface area contributed by atoms with Gasteiger partial charge in [-0.1, -0.05) is 0 Å². The van der Waals surface area contributed by atoms with Crippen LogP contribution in [0.4, 0.5) is 0 Å². The SMILES string of the molecule is COC1CS(=O)(=O)CC1C1CSCC1=O. The Labute approximate surface area is 93.7 Å². The second-order valence-electron chi connectivity index (χ2n) is 4.10. The van der Waals surface area contributed by atoms with Crippen LogP contribution < -0.4 is 0 Å². The Bertz CT molecular complexity index is 362. The molecule has 0 aliphatic carbocycles. The summed E-state index contributed by atoms with van der Waals surface area (Å²) in [7, 11) is -1.49. The molecule has 0 bridgehead atoms. The van der Waals surface area contributed by atoms with Crippen molar-refractivity contribution in [2.45, 2.75) is 6.10 Å². The first-order valence-electron chi connectivity index (χ1n) is 4.87. The van der Waals surface area contributed by atoms with E-state index in [0.717, 1.165) is 5.75 Å². The fourth-order valence-electron chi connectivity index (χ4n) is 2.31. The maximum Gasteiger partial charge on any atom is 0.153 e. The van der Waals surface area contributed by atoms with Gasteiger partial charge in [0.15, 0.2) is 9.84 Å². The van der Waals surface area contributed by atoms with E-state index < -0.39 is 9.84 Å². The normalized spacial score (nSPS) is 39.8. The zero-order valence-electron chi connectivity index (χ0n) is 8.51. The minimum absolute atomic E-state index is 0.0720. The molecule has 0 spiro atoms. The zero-order chi connectivity index (χ0) is 11.1. The van der Waals surface area contributed by atoms with Gasteiger partial charge in [-0.05, 0) is 0 Å². The number of hydrogen-bond donors (Lipinski definition) is 0. The van der Waals surface area contributed by atoms with Crippen LogP contribution in [0.2, 0.25) is 0 Å². The highest BCUT2D eigenvalue weighted by Gasteiger charge is 2.45. The first-order valence-corrected chi connectivity index (χ1v) is 7.85. The molecule has 0 aromatic rings. The lowest BCUT2D eigenvalue weighted by Gasteiger charge is -2.20. The van der Waals surface area contributed by atoms with Crippen LogP contribution in [0.25, 0.3) is 0 Å². The van der Waals surface area contributed by atoms with E-state index in [1.807, 2.05) is 0 Å². The molecule has 3 unspecified atom stereocenters. The van der Waals surface area contributed by atoms with Crippen LogP contribution in [0.5, 0.6) is 0 Å². The molecule has 2 rings (SSSR count). The van der Waals surface area contributed by atoms with Crippen molar-refractivity contribution in [1.29, 1.82) is 0 Å². The van der Waals surface area contributed by atoms with E-state index >= 15 is 0 Å². The average Bonchev–Trinajstić information content (AvgIpc) is 2.68. The van der Waals surface area contributed by atoms with Crippen LogP contribution >= 0.6 is 11.8 Å². The monoisotopic (exact) mass is 250 g/mol. The fraction of sp³-hybridized carbons (Fsp3) is 0.889. The van der Waals surface area contributed by atoms with Gasteiger partial charge < -0.3 is 4.74 Å². The number of ketones is 1. The summed E-state index contributed by atoms with van der Waals surface area (Å²) >= 11 is 1.59. The highest BCUT2D eigenvalue weighted by molar-refractivity contribution is 8.00. The summed E-state index contributed by atoms with van der Waals surface area (Å²) in [5.41, 5.74) is 0. The standard InChI is InChI=1S/C9H14O4S2/c1-13-9-5-15(11,12)4-7(9)6-2-14-3-8(6)10/h6-7,9H,2-5H2,1H3. The van der Waals surface area contributed by atoms with Gasteiger partial charge >= 0.3 is 0 Å². The molecule has 2 aliphatic heterocycles. The molecule has 0 N–H and O–H groups in total. The van der Waals surface area contributed by atoms with Gasteiger partial charge in [-0.2, -0.15) is 11.8 Å². The molecule has 2 saturated heterocycles. The third-order valence-corrected chi connectivity index (χ3v) is 5.93. The van der Waals surface area contributed by atoms with Crippen LogP contribution in [-0.4, -0.2) is 50.4 Å². The molecule has 0 amide bonds. The van der Waals surface area contributed by atoms with Gasteiger partial charge in [-0.3, -0.25) is 4.79 Å². The second-order valence-corrected chi connectivity index (χ2v) is 7.29. The topological polar surface area (TPSA) is 60.4 Å². The predicted octanol–water partition coefficient (Wildman–Crippen LogP) is -0.0219. The number of hydrogen-bond acceptors (Lipinski definition) is 5. The van der Waals surface area contributed by atoms with Crippen molar-refractivity contribution in [1.82, 2.24) is 0 Å². The number of rotatable bonds is 2.